The van der Waals surface area contributed by atoms with Crippen LogP contribution in [0.5, 0.6) is 5.75 Å². The molecule has 27 heavy (non-hydrogen) atoms. The van der Waals surface area contributed by atoms with Crippen molar-refractivity contribution in [2.45, 2.75) is 25.0 Å². The highest BCUT2D eigenvalue weighted by molar-refractivity contribution is 7.99. The Kier molecular flexibility index (Phi) is 5.59. The van der Waals surface area contributed by atoms with Crippen LogP contribution in [-0.4, -0.2) is 52.8 Å². The number of ether oxygens (including phenoxy) is 1. The number of methoxy groups -OCH3 is 1. The first-order valence-electron chi connectivity index (χ1n) is 8.76. The summed E-state index contributed by atoms with van der Waals surface area (Å²) in [6, 6.07) is 4.79. The van der Waals surface area contributed by atoms with E-state index >= 15 is 0 Å². The number of nitrogens with zero attached hydrogens (tertiary/aromatic N) is 2. The number of piperidine rings is 1. The van der Waals surface area contributed by atoms with Crippen LogP contribution in [0.25, 0.3) is 0 Å². The molecule has 9 heteroatoms. The van der Waals surface area contributed by atoms with Crippen molar-refractivity contribution >= 4 is 29.3 Å². The number of carbonyl (C=O) groups is 2. The van der Waals surface area contributed by atoms with Gasteiger partial charge in [0, 0.05) is 24.9 Å². The van der Waals surface area contributed by atoms with Crippen LogP contribution in [0.2, 0.25) is 0 Å². The quantitative estimate of drug-likeness (QED) is 0.559. The van der Waals surface area contributed by atoms with E-state index in [0.29, 0.717) is 24.6 Å². The van der Waals surface area contributed by atoms with Crippen LogP contribution >= 0.6 is 11.8 Å². The minimum atomic E-state index is -0.723. The summed E-state index contributed by atoms with van der Waals surface area (Å²) in [6.07, 6.45) is 2.24. The highest BCUT2D eigenvalue weighted by Gasteiger charge is 2.59. The molecule has 1 aromatic rings. The van der Waals surface area contributed by atoms with E-state index in [1.165, 1.54) is 24.9 Å². The van der Waals surface area contributed by atoms with Crippen LogP contribution in [0, 0.1) is 21.4 Å². The van der Waals surface area contributed by atoms with Gasteiger partial charge in [-0.15, -0.1) is 11.8 Å². The van der Waals surface area contributed by atoms with Crippen LogP contribution in [0.1, 0.15) is 24.8 Å². The van der Waals surface area contributed by atoms with E-state index in [-0.39, 0.29) is 28.7 Å². The van der Waals surface area contributed by atoms with Gasteiger partial charge in [0.15, 0.2) is 5.75 Å². The monoisotopic (exact) mass is 394 g/mol. The number of hydrogen-bond acceptors (Lipinski definition) is 6. The predicted octanol–water partition coefficient (Wildman–Crippen LogP) is 2.55. The Morgan fingerprint density at radius 2 is 2.11 bits per heavy atom. The van der Waals surface area contributed by atoms with Gasteiger partial charge in [0.2, 0.25) is 5.91 Å². The third-order valence-corrected chi connectivity index (χ3v) is 6.52. The highest BCUT2D eigenvalue weighted by atomic mass is 32.2. The fourth-order valence-corrected chi connectivity index (χ4v) is 4.64. The lowest BCUT2D eigenvalue weighted by Crippen LogP contribution is -2.40. The van der Waals surface area contributed by atoms with Crippen molar-refractivity contribution in [2.24, 2.45) is 11.3 Å². The molecule has 2 aliphatic rings. The van der Waals surface area contributed by atoms with Gasteiger partial charge in [-0.2, -0.15) is 0 Å². The first-order valence-corrected chi connectivity index (χ1v) is 9.91. The lowest BCUT2D eigenvalue weighted by atomic mass is 9.91. The van der Waals surface area contributed by atoms with Gasteiger partial charge in [-0.25, -0.2) is 0 Å². The third-order valence-electron chi connectivity index (χ3n) is 5.53. The molecule has 1 atom stereocenters. The second-order valence-corrected chi connectivity index (χ2v) is 8.08. The number of carboxylic acid groups (broad SMARTS) is 1. The predicted molar refractivity (Wildman–Crippen MR) is 99.8 cm³/mol. The lowest BCUT2D eigenvalue weighted by Gasteiger charge is -2.32. The van der Waals surface area contributed by atoms with Gasteiger partial charge in [-0.3, -0.25) is 19.7 Å². The molecule has 1 N–H and O–H groups in total. The van der Waals surface area contributed by atoms with Crippen molar-refractivity contribution in [1.29, 1.82) is 0 Å². The fourth-order valence-electron chi connectivity index (χ4n) is 3.77. The summed E-state index contributed by atoms with van der Waals surface area (Å²) in [4.78, 5) is 35.9. The molecular formula is C18H22N2O6S. The first kappa shape index (κ1) is 19.5. The van der Waals surface area contributed by atoms with Gasteiger partial charge in [-0.1, -0.05) is 6.07 Å². The Hall–Kier alpha value is -2.29. The van der Waals surface area contributed by atoms with Crippen LogP contribution in [0.3, 0.4) is 0 Å². The Morgan fingerprint density at radius 1 is 1.41 bits per heavy atom. The normalized spacial score (nSPS) is 20.3. The number of carboxylic acids is 1. The molecule has 1 aliphatic carbocycles. The Labute approximate surface area is 161 Å². The summed E-state index contributed by atoms with van der Waals surface area (Å²) in [5.41, 5.74) is 0.596. The Morgan fingerprint density at radius 3 is 2.67 bits per heavy atom. The zero-order chi connectivity index (χ0) is 19.6. The van der Waals surface area contributed by atoms with E-state index < -0.39 is 10.9 Å². The van der Waals surface area contributed by atoms with Gasteiger partial charge in [-0.05, 0) is 36.3 Å². The maximum absolute atomic E-state index is 12.4. The van der Waals surface area contributed by atoms with E-state index in [0.717, 1.165) is 24.8 Å². The molecule has 1 aromatic carbocycles. The summed E-state index contributed by atoms with van der Waals surface area (Å²) >= 11 is 1.41. The number of amides is 1. The van der Waals surface area contributed by atoms with E-state index in [4.69, 9.17) is 9.84 Å². The standard InChI is InChI=1S/C18H22N2O6S/c1-26-15-3-2-12(8-14(15)20(24)25)10-27-11-16(21)19-6-4-18(5-7-19)9-13(18)17(22)23/h2-3,8,13H,4-7,9-11H2,1H3,(H,22,23). The number of thioether (sulfide) groups is 1. The molecule has 1 amide bonds. The van der Waals surface area contributed by atoms with E-state index in [2.05, 4.69) is 0 Å². The average Bonchev–Trinajstić information content (AvgIpc) is 3.35. The van der Waals surface area contributed by atoms with Crippen LogP contribution in [0.4, 0.5) is 5.69 Å². The summed E-state index contributed by atoms with van der Waals surface area (Å²) in [5, 5.41) is 20.2. The number of rotatable bonds is 7. The molecule has 8 nitrogen and oxygen atoms in total. The number of carbonyl (C=O) groups excluding carboxylic acids is 1. The van der Waals surface area contributed by atoms with Gasteiger partial charge in [0.1, 0.15) is 0 Å². The maximum Gasteiger partial charge on any atom is 0.311 e. The fraction of sp³-hybridized carbons (Fsp3) is 0.556. The molecule has 0 radical (unpaired) electrons. The van der Waals surface area contributed by atoms with Crippen molar-refractivity contribution in [3.05, 3.63) is 33.9 Å². The summed E-state index contributed by atoms with van der Waals surface area (Å²) < 4.78 is 4.98. The summed E-state index contributed by atoms with van der Waals surface area (Å²) in [5.74, 6) is 0.0797. The molecule has 1 saturated heterocycles. The molecule has 3 rings (SSSR count). The van der Waals surface area contributed by atoms with Crippen molar-refractivity contribution in [1.82, 2.24) is 4.90 Å². The molecule has 0 bridgehead atoms. The smallest absolute Gasteiger partial charge is 0.311 e. The topological polar surface area (TPSA) is 110 Å². The van der Waals surface area contributed by atoms with Crippen molar-refractivity contribution in [3.63, 3.8) is 0 Å². The number of nitro groups is 1. The molecule has 2 fully saturated rings. The number of aliphatic carboxylic acids is 1. The molecule has 1 heterocycles. The first-order chi connectivity index (χ1) is 12.9. The zero-order valence-electron chi connectivity index (χ0n) is 15.1. The Balaban J connectivity index is 1.46. The van der Waals surface area contributed by atoms with Crippen molar-refractivity contribution in [3.8, 4) is 5.75 Å². The summed E-state index contributed by atoms with van der Waals surface area (Å²) in [7, 11) is 1.39. The molecule has 0 aromatic heterocycles. The number of hydrogen-bond donors (Lipinski definition) is 1. The van der Waals surface area contributed by atoms with E-state index in [9.17, 15) is 19.7 Å². The summed E-state index contributed by atoms with van der Waals surface area (Å²) in [6.45, 7) is 1.22. The lowest BCUT2D eigenvalue weighted by molar-refractivity contribution is -0.385. The van der Waals surface area contributed by atoms with Crippen LogP contribution < -0.4 is 4.74 Å². The van der Waals surface area contributed by atoms with Crippen LogP contribution in [-0.2, 0) is 15.3 Å². The largest absolute Gasteiger partial charge is 0.490 e. The molecule has 146 valence electrons. The number of likely N-dealkylation sites (tertiary alicyclic amines) is 1. The van der Waals surface area contributed by atoms with Gasteiger partial charge in [0.05, 0.1) is 23.7 Å². The highest BCUT2D eigenvalue weighted by Crippen LogP contribution is 2.59. The molecule has 1 spiro atoms. The number of nitro benzene ring substituents is 1. The molecule has 1 unspecified atom stereocenters. The van der Waals surface area contributed by atoms with Crippen molar-refractivity contribution < 1.29 is 24.4 Å². The minimum Gasteiger partial charge on any atom is -0.490 e. The third kappa shape index (κ3) is 4.18. The minimum absolute atomic E-state index is 0.0328. The van der Waals surface area contributed by atoms with Gasteiger partial charge in [0.25, 0.3) is 0 Å². The average molecular weight is 394 g/mol. The molecule has 1 aliphatic heterocycles. The molecular weight excluding hydrogens is 372 g/mol. The zero-order valence-corrected chi connectivity index (χ0v) is 15.9. The van der Waals surface area contributed by atoms with Gasteiger partial charge < -0.3 is 14.7 Å². The second-order valence-electron chi connectivity index (χ2n) is 7.09. The Bertz CT molecular complexity index is 760. The van der Waals surface area contributed by atoms with E-state index in [1.54, 1.807) is 17.0 Å². The SMILES string of the molecule is COc1ccc(CSCC(=O)N2CCC3(CC2)CC3C(=O)O)cc1[N+](=O)[O-]. The number of benzene rings is 1. The van der Waals surface area contributed by atoms with Crippen LogP contribution in [0.15, 0.2) is 18.2 Å². The molecule has 1 saturated carbocycles. The maximum atomic E-state index is 12.4. The van der Waals surface area contributed by atoms with Crippen molar-refractivity contribution in [2.75, 3.05) is 26.0 Å². The van der Waals surface area contributed by atoms with E-state index in [1.807, 2.05) is 0 Å². The second kappa shape index (κ2) is 7.75. The van der Waals surface area contributed by atoms with Gasteiger partial charge >= 0.3 is 11.7 Å².